The Bertz CT molecular complexity index is 1030. The van der Waals surface area contributed by atoms with Crippen molar-refractivity contribution < 1.29 is 24.2 Å². The molecule has 2 N–H and O–H groups in total. The molecule has 0 aromatic heterocycles. The summed E-state index contributed by atoms with van der Waals surface area (Å²) in [6.45, 7) is 4.35. The Hall–Kier alpha value is -3.00. The van der Waals surface area contributed by atoms with E-state index in [9.17, 15) is 19.5 Å². The Labute approximate surface area is 203 Å². The number of amides is 2. The van der Waals surface area contributed by atoms with E-state index < -0.39 is 18.1 Å². The Kier molecular flexibility index (Phi) is 7.46. The summed E-state index contributed by atoms with van der Waals surface area (Å²) < 4.78 is 5.63. The maximum Gasteiger partial charge on any atom is 0.407 e. The number of rotatable bonds is 7. The number of benzene rings is 2. The van der Waals surface area contributed by atoms with Crippen molar-refractivity contribution >= 4 is 29.7 Å². The molecular formula is C26H30N2O5S. The number of hydrogen-bond acceptors (Lipinski definition) is 5. The number of thioether (sulfide) groups is 1. The molecule has 7 nitrogen and oxygen atoms in total. The van der Waals surface area contributed by atoms with Gasteiger partial charge in [-0.3, -0.25) is 9.59 Å². The second kappa shape index (κ2) is 10.5. The second-order valence-corrected chi connectivity index (χ2v) is 10.2. The number of alkyl carbamates (subject to hydrolysis) is 1. The van der Waals surface area contributed by atoms with Gasteiger partial charge < -0.3 is 20.1 Å². The van der Waals surface area contributed by atoms with Gasteiger partial charge in [0.05, 0.1) is 12.5 Å². The summed E-state index contributed by atoms with van der Waals surface area (Å²) in [7, 11) is 0. The number of ether oxygens (including phenoxy) is 1. The average Bonchev–Trinajstić information content (AvgIpc) is 3.14. The van der Waals surface area contributed by atoms with E-state index in [1.165, 1.54) is 0 Å². The first-order valence-corrected chi connectivity index (χ1v) is 12.7. The minimum Gasteiger partial charge on any atom is -0.481 e. The molecule has 34 heavy (non-hydrogen) atoms. The lowest BCUT2D eigenvalue weighted by Gasteiger charge is -2.37. The van der Waals surface area contributed by atoms with Crippen molar-refractivity contribution in [2.45, 2.75) is 38.3 Å². The fourth-order valence-electron chi connectivity index (χ4n) is 4.77. The average molecular weight is 483 g/mol. The molecule has 1 heterocycles. The van der Waals surface area contributed by atoms with Gasteiger partial charge in [0.15, 0.2) is 0 Å². The Balaban J connectivity index is 1.43. The number of hydrogen-bond donors (Lipinski definition) is 2. The van der Waals surface area contributed by atoms with Crippen LogP contribution in [0, 0.1) is 5.92 Å². The van der Waals surface area contributed by atoms with Crippen LogP contribution in [0.5, 0.6) is 0 Å². The van der Waals surface area contributed by atoms with E-state index in [2.05, 4.69) is 29.6 Å². The highest BCUT2D eigenvalue weighted by Gasteiger charge is 2.36. The van der Waals surface area contributed by atoms with E-state index >= 15 is 0 Å². The first-order valence-electron chi connectivity index (χ1n) is 11.6. The Morgan fingerprint density at radius 1 is 1.09 bits per heavy atom. The van der Waals surface area contributed by atoms with Crippen LogP contribution in [-0.2, 0) is 14.3 Å². The van der Waals surface area contributed by atoms with Crippen LogP contribution in [0.2, 0.25) is 0 Å². The summed E-state index contributed by atoms with van der Waals surface area (Å²) in [6.07, 6.45) is -0.746. The number of nitrogens with one attached hydrogen (secondary N) is 1. The first-order chi connectivity index (χ1) is 16.4. The normalized spacial score (nSPS) is 18.2. The largest absolute Gasteiger partial charge is 0.481 e. The summed E-state index contributed by atoms with van der Waals surface area (Å²) in [6, 6.07) is 15.1. The van der Waals surface area contributed by atoms with Crippen molar-refractivity contribution in [3.63, 3.8) is 0 Å². The zero-order chi connectivity index (χ0) is 24.2. The van der Waals surface area contributed by atoms with Gasteiger partial charge in [-0.05, 0) is 28.2 Å². The smallest absolute Gasteiger partial charge is 0.407 e. The molecule has 0 bridgehead atoms. The molecule has 0 saturated carbocycles. The fourth-order valence-corrected chi connectivity index (χ4v) is 5.84. The molecule has 0 radical (unpaired) electrons. The van der Waals surface area contributed by atoms with Gasteiger partial charge in [0.1, 0.15) is 12.6 Å². The lowest BCUT2D eigenvalue weighted by Crippen LogP contribution is -2.56. The minimum absolute atomic E-state index is 0.0644. The summed E-state index contributed by atoms with van der Waals surface area (Å²) >= 11 is 1.64. The van der Waals surface area contributed by atoms with Crippen LogP contribution in [0.3, 0.4) is 0 Å². The van der Waals surface area contributed by atoms with Crippen molar-refractivity contribution in [1.82, 2.24) is 10.2 Å². The monoisotopic (exact) mass is 482 g/mol. The quantitative estimate of drug-likeness (QED) is 0.620. The Morgan fingerprint density at radius 2 is 1.71 bits per heavy atom. The number of fused-ring (bicyclic) bond motifs is 3. The van der Waals surface area contributed by atoms with E-state index in [1.807, 2.05) is 38.1 Å². The molecule has 1 aliphatic heterocycles. The third kappa shape index (κ3) is 5.06. The highest BCUT2D eigenvalue weighted by Crippen LogP contribution is 2.44. The van der Waals surface area contributed by atoms with Crippen molar-refractivity contribution in [3.8, 4) is 11.1 Å². The van der Waals surface area contributed by atoms with Crippen LogP contribution in [-0.4, -0.2) is 64.7 Å². The topological polar surface area (TPSA) is 95.9 Å². The maximum absolute atomic E-state index is 13.3. The number of aliphatic carboxylic acids is 1. The Morgan fingerprint density at radius 3 is 2.29 bits per heavy atom. The molecule has 1 unspecified atom stereocenters. The van der Waals surface area contributed by atoms with Gasteiger partial charge in [0.2, 0.25) is 5.91 Å². The molecule has 4 rings (SSSR count). The lowest BCUT2D eigenvalue weighted by atomic mass is 9.98. The number of carboxylic acids is 1. The molecule has 0 spiro atoms. The molecule has 180 valence electrons. The molecule has 2 aliphatic rings. The van der Waals surface area contributed by atoms with Gasteiger partial charge in [-0.1, -0.05) is 62.4 Å². The summed E-state index contributed by atoms with van der Waals surface area (Å²) in [5.74, 6) is -0.102. The first kappa shape index (κ1) is 24.1. The maximum atomic E-state index is 13.3. The van der Waals surface area contributed by atoms with Gasteiger partial charge in [-0.25, -0.2) is 4.79 Å². The van der Waals surface area contributed by atoms with Crippen molar-refractivity contribution in [1.29, 1.82) is 0 Å². The summed E-state index contributed by atoms with van der Waals surface area (Å²) in [4.78, 5) is 39.0. The van der Waals surface area contributed by atoms with Crippen LogP contribution in [0.25, 0.3) is 11.1 Å². The van der Waals surface area contributed by atoms with Gasteiger partial charge in [0, 0.05) is 24.0 Å². The highest BCUT2D eigenvalue weighted by molar-refractivity contribution is 7.99. The lowest BCUT2D eigenvalue weighted by molar-refractivity contribution is -0.141. The van der Waals surface area contributed by atoms with Crippen molar-refractivity contribution in [2.75, 3.05) is 24.7 Å². The van der Waals surface area contributed by atoms with Crippen LogP contribution >= 0.6 is 11.8 Å². The van der Waals surface area contributed by atoms with E-state index in [0.717, 1.165) is 28.0 Å². The number of nitrogens with zero attached hydrogens (tertiary/aromatic N) is 1. The zero-order valence-electron chi connectivity index (χ0n) is 19.4. The van der Waals surface area contributed by atoms with Crippen LogP contribution in [0.1, 0.15) is 37.3 Å². The second-order valence-electron chi connectivity index (χ2n) is 9.05. The van der Waals surface area contributed by atoms with Crippen LogP contribution in [0.4, 0.5) is 4.79 Å². The predicted octanol–water partition coefficient (Wildman–Crippen LogP) is 3.97. The zero-order valence-corrected chi connectivity index (χ0v) is 20.2. The third-order valence-corrected chi connectivity index (χ3v) is 7.56. The standard InChI is InChI=1S/C26H30N2O5S/c1-16(2)24(25(31)28-11-12-34-15-17(28)13-23(29)30)27-26(32)33-14-22-20-9-5-3-7-18(20)19-8-4-6-10-21(19)22/h3-10,16-17,22,24H,11-15H2,1-2H3,(H,27,32)(H,29,30)/t17?,24-/m1/s1. The number of carbonyl (C=O) groups excluding carboxylic acids is 2. The molecular weight excluding hydrogens is 452 g/mol. The van der Waals surface area contributed by atoms with Crippen LogP contribution in [0.15, 0.2) is 48.5 Å². The molecule has 2 amide bonds. The predicted molar refractivity (Wildman–Crippen MR) is 132 cm³/mol. The summed E-state index contributed by atoms with van der Waals surface area (Å²) in [5, 5.41) is 12.0. The molecule has 2 aromatic carbocycles. The van der Waals surface area contributed by atoms with E-state index in [-0.39, 0.29) is 36.8 Å². The van der Waals surface area contributed by atoms with E-state index in [1.54, 1.807) is 16.7 Å². The van der Waals surface area contributed by atoms with Crippen molar-refractivity contribution in [2.24, 2.45) is 5.92 Å². The van der Waals surface area contributed by atoms with Gasteiger partial charge in [0.25, 0.3) is 0 Å². The minimum atomic E-state index is -0.934. The SMILES string of the molecule is CC(C)[C@@H](NC(=O)OCC1c2ccccc2-c2ccccc21)C(=O)N1CCSCC1CC(=O)O. The molecule has 1 saturated heterocycles. The van der Waals surface area contributed by atoms with Gasteiger partial charge in [-0.2, -0.15) is 11.8 Å². The third-order valence-electron chi connectivity index (χ3n) is 6.47. The van der Waals surface area contributed by atoms with Crippen LogP contribution < -0.4 is 5.32 Å². The highest BCUT2D eigenvalue weighted by atomic mass is 32.2. The molecule has 2 aromatic rings. The van der Waals surface area contributed by atoms with Gasteiger partial charge >= 0.3 is 12.1 Å². The number of carboxylic acid groups (broad SMARTS) is 1. The van der Waals surface area contributed by atoms with E-state index in [4.69, 9.17) is 4.74 Å². The molecule has 8 heteroatoms. The molecule has 1 aliphatic carbocycles. The van der Waals surface area contributed by atoms with Gasteiger partial charge in [-0.15, -0.1) is 0 Å². The van der Waals surface area contributed by atoms with Crippen molar-refractivity contribution in [3.05, 3.63) is 59.7 Å². The number of carbonyl (C=O) groups is 3. The fraction of sp³-hybridized carbons (Fsp3) is 0.423. The molecule has 2 atom stereocenters. The molecule has 1 fully saturated rings. The summed E-state index contributed by atoms with van der Waals surface area (Å²) in [5.41, 5.74) is 4.54. The van der Waals surface area contributed by atoms with E-state index in [0.29, 0.717) is 12.3 Å².